The first-order valence-electron chi connectivity index (χ1n) is 7.43. The van der Waals surface area contributed by atoms with E-state index in [0.29, 0.717) is 0 Å². The lowest BCUT2D eigenvalue weighted by atomic mass is 10.0. The molecule has 3 nitrogen and oxygen atoms in total. The average Bonchev–Trinajstić information content (AvgIpc) is 2.98. The first kappa shape index (κ1) is 13.7. The minimum atomic E-state index is -0.00993. The van der Waals surface area contributed by atoms with Crippen LogP contribution in [0.25, 0.3) is 0 Å². The Balaban J connectivity index is 1.74. The molecule has 2 amide bonds. The molecule has 0 unspecified atom stereocenters. The minimum absolute atomic E-state index is 0.00993. The van der Waals surface area contributed by atoms with Gasteiger partial charge >= 0.3 is 6.03 Å². The summed E-state index contributed by atoms with van der Waals surface area (Å²) in [6.45, 7) is 2.90. The second-order valence-corrected chi connectivity index (χ2v) is 5.56. The van der Waals surface area contributed by atoms with Gasteiger partial charge in [0, 0.05) is 12.2 Å². The summed E-state index contributed by atoms with van der Waals surface area (Å²) >= 11 is 0. The molecular weight excluding hydrogens is 260 g/mol. The molecule has 0 aliphatic carbocycles. The number of likely N-dealkylation sites (tertiary alicyclic amines) is 1. The number of rotatable bonds is 2. The van der Waals surface area contributed by atoms with E-state index in [9.17, 15) is 4.79 Å². The maximum Gasteiger partial charge on any atom is 0.322 e. The second-order valence-electron chi connectivity index (χ2n) is 5.56. The number of carbonyl (C=O) groups is 1. The molecule has 0 radical (unpaired) electrons. The number of hydrogen-bond acceptors (Lipinski definition) is 1. The monoisotopic (exact) mass is 280 g/mol. The summed E-state index contributed by atoms with van der Waals surface area (Å²) in [7, 11) is 0. The molecule has 1 aliphatic heterocycles. The van der Waals surface area contributed by atoms with Crippen molar-refractivity contribution in [3.05, 3.63) is 65.7 Å². The van der Waals surface area contributed by atoms with Crippen LogP contribution in [-0.2, 0) is 0 Å². The predicted molar refractivity (Wildman–Crippen MR) is 85.3 cm³/mol. The first-order chi connectivity index (χ1) is 10.2. The fraction of sp³-hybridized carbons (Fsp3) is 0.278. The van der Waals surface area contributed by atoms with Crippen LogP contribution in [0.2, 0.25) is 0 Å². The number of nitrogens with one attached hydrogen (secondary N) is 1. The molecule has 3 heteroatoms. The summed E-state index contributed by atoms with van der Waals surface area (Å²) in [6.07, 6.45) is 2.09. The van der Waals surface area contributed by atoms with E-state index in [4.69, 9.17) is 0 Å². The number of aryl methyl sites for hydroxylation is 1. The van der Waals surface area contributed by atoms with Crippen LogP contribution in [0.1, 0.15) is 30.0 Å². The van der Waals surface area contributed by atoms with Crippen molar-refractivity contribution in [2.45, 2.75) is 25.8 Å². The summed E-state index contributed by atoms with van der Waals surface area (Å²) in [5.41, 5.74) is 3.32. The Morgan fingerprint density at radius 2 is 1.81 bits per heavy atom. The number of amides is 2. The fourth-order valence-corrected chi connectivity index (χ4v) is 2.86. The topological polar surface area (TPSA) is 32.3 Å². The van der Waals surface area contributed by atoms with Crippen molar-refractivity contribution in [1.82, 2.24) is 4.90 Å². The van der Waals surface area contributed by atoms with Crippen LogP contribution in [-0.4, -0.2) is 17.5 Å². The Bertz CT molecular complexity index is 607. The van der Waals surface area contributed by atoms with Crippen molar-refractivity contribution in [2.75, 3.05) is 11.9 Å². The lowest BCUT2D eigenvalue weighted by molar-refractivity contribution is 0.207. The number of carbonyl (C=O) groups excluding carboxylic acids is 1. The van der Waals surface area contributed by atoms with Crippen LogP contribution in [0, 0.1) is 6.92 Å². The van der Waals surface area contributed by atoms with Gasteiger partial charge < -0.3 is 10.2 Å². The van der Waals surface area contributed by atoms with Gasteiger partial charge in [-0.1, -0.05) is 48.0 Å². The van der Waals surface area contributed by atoms with Crippen LogP contribution >= 0.6 is 0 Å². The Kier molecular flexibility index (Phi) is 3.91. The first-order valence-corrected chi connectivity index (χ1v) is 7.43. The highest BCUT2D eigenvalue weighted by Crippen LogP contribution is 2.32. The van der Waals surface area contributed by atoms with Crippen molar-refractivity contribution < 1.29 is 4.79 Å². The van der Waals surface area contributed by atoms with Gasteiger partial charge in [0.25, 0.3) is 0 Å². The van der Waals surface area contributed by atoms with Crippen molar-refractivity contribution in [3.63, 3.8) is 0 Å². The molecule has 0 bridgehead atoms. The fourth-order valence-electron chi connectivity index (χ4n) is 2.86. The van der Waals surface area contributed by atoms with Gasteiger partial charge in [-0.3, -0.25) is 0 Å². The molecule has 3 rings (SSSR count). The number of hydrogen-bond donors (Lipinski definition) is 1. The molecule has 1 aliphatic rings. The molecule has 0 spiro atoms. The van der Waals surface area contributed by atoms with E-state index in [1.54, 1.807) is 0 Å². The molecule has 0 saturated carbocycles. The van der Waals surface area contributed by atoms with Crippen LogP contribution in [0.4, 0.5) is 10.5 Å². The second kappa shape index (κ2) is 6.00. The van der Waals surface area contributed by atoms with Gasteiger partial charge in [-0.05, 0) is 37.5 Å². The zero-order valence-electron chi connectivity index (χ0n) is 12.3. The maximum absolute atomic E-state index is 12.5. The van der Waals surface area contributed by atoms with E-state index in [0.717, 1.165) is 25.1 Å². The lowest BCUT2D eigenvalue weighted by Crippen LogP contribution is -2.34. The van der Waals surface area contributed by atoms with Gasteiger partial charge in [-0.2, -0.15) is 0 Å². The van der Waals surface area contributed by atoms with E-state index in [1.165, 1.54) is 11.1 Å². The normalized spacial score (nSPS) is 17.8. The lowest BCUT2D eigenvalue weighted by Gasteiger charge is -2.25. The van der Waals surface area contributed by atoms with E-state index < -0.39 is 0 Å². The number of anilines is 1. The summed E-state index contributed by atoms with van der Waals surface area (Å²) in [5.74, 6) is 0. The molecular formula is C18H20N2O. The number of urea groups is 1. The Morgan fingerprint density at radius 1 is 1.10 bits per heavy atom. The number of benzene rings is 2. The Morgan fingerprint density at radius 3 is 2.52 bits per heavy atom. The van der Waals surface area contributed by atoms with Crippen LogP contribution in [0.5, 0.6) is 0 Å². The molecule has 2 aromatic rings. The summed E-state index contributed by atoms with van der Waals surface area (Å²) in [6, 6.07) is 18.3. The quantitative estimate of drug-likeness (QED) is 0.870. The van der Waals surface area contributed by atoms with Gasteiger partial charge in [0.05, 0.1) is 6.04 Å². The molecule has 21 heavy (non-hydrogen) atoms. The van der Waals surface area contributed by atoms with Gasteiger partial charge in [-0.25, -0.2) is 4.79 Å². The van der Waals surface area contributed by atoms with Crippen LogP contribution in [0.3, 0.4) is 0 Å². The maximum atomic E-state index is 12.5. The third-order valence-corrected chi connectivity index (χ3v) is 4.00. The third kappa shape index (κ3) is 3.07. The van der Waals surface area contributed by atoms with Crippen molar-refractivity contribution in [2.24, 2.45) is 0 Å². The predicted octanol–water partition coefficient (Wildman–Crippen LogP) is 4.36. The van der Waals surface area contributed by atoms with E-state index in [-0.39, 0.29) is 12.1 Å². The summed E-state index contributed by atoms with van der Waals surface area (Å²) in [4.78, 5) is 14.4. The Hall–Kier alpha value is -2.29. The molecule has 108 valence electrons. The third-order valence-electron chi connectivity index (χ3n) is 4.00. The van der Waals surface area contributed by atoms with Crippen LogP contribution < -0.4 is 5.32 Å². The highest BCUT2D eigenvalue weighted by molar-refractivity contribution is 5.89. The largest absolute Gasteiger partial charge is 0.322 e. The minimum Gasteiger partial charge on any atom is -0.317 e. The standard InChI is InChI=1S/C18H20N2O/c1-14-9-11-15(12-10-14)17-8-5-13-20(17)18(21)19-16-6-3-2-4-7-16/h2-4,6-7,9-12,17H,5,8,13H2,1H3,(H,19,21)/t17-/m0/s1. The van der Waals surface area contributed by atoms with E-state index in [2.05, 4.69) is 36.5 Å². The summed E-state index contributed by atoms with van der Waals surface area (Å²) in [5, 5.41) is 2.98. The van der Waals surface area contributed by atoms with Gasteiger partial charge in [-0.15, -0.1) is 0 Å². The Labute approximate surface area is 125 Å². The smallest absolute Gasteiger partial charge is 0.317 e. The molecule has 1 N–H and O–H groups in total. The average molecular weight is 280 g/mol. The molecule has 1 fully saturated rings. The van der Waals surface area contributed by atoms with E-state index >= 15 is 0 Å². The zero-order valence-corrected chi connectivity index (χ0v) is 12.3. The molecule has 0 aromatic heterocycles. The molecule has 1 heterocycles. The highest BCUT2D eigenvalue weighted by Gasteiger charge is 2.29. The molecule has 1 saturated heterocycles. The van der Waals surface area contributed by atoms with Gasteiger partial charge in [0.1, 0.15) is 0 Å². The number of nitrogens with zero attached hydrogens (tertiary/aromatic N) is 1. The van der Waals surface area contributed by atoms with Gasteiger partial charge in [0.15, 0.2) is 0 Å². The molecule has 1 atom stereocenters. The van der Waals surface area contributed by atoms with Crippen molar-refractivity contribution >= 4 is 11.7 Å². The summed E-state index contributed by atoms with van der Waals surface area (Å²) < 4.78 is 0. The highest BCUT2D eigenvalue weighted by atomic mass is 16.2. The zero-order chi connectivity index (χ0) is 14.7. The molecule has 2 aromatic carbocycles. The number of para-hydroxylation sites is 1. The van der Waals surface area contributed by atoms with Gasteiger partial charge in [0.2, 0.25) is 0 Å². The van der Waals surface area contributed by atoms with Crippen LogP contribution in [0.15, 0.2) is 54.6 Å². The van der Waals surface area contributed by atoms with E-state index in [1.807, 2.05) is 35.2 Å². The van der Waals surface area contributed by atoms with Crippen molar-refractivity contribution in [1.29, 1.82) is 0 Å². The van der Waals surface area contributed by atoms with Crippen molar-refractivity contribution in [3.8, 4) is 0 Å². The SMILES string of the molecule is Cc1ccc([C@@H]2CCCN2C(=O)Nc2ccccc2)cc1.